The first-order chi connectivity index (χ1) is 9.36. The van der Waals surface area contributed by atoms with Crippen molar-refractivity contribution in [3.8, 4) is 0 Å². The van der Waals surface area contributed by atoms with Crippen LogP contribution in [0, 0.1) is 10.8 Å². The van der Waals surface area contributed by atoms with Crippen LogP contribution < -0.4 is 0 Å². The molecular formula is C17H29F2N. The summed E-state index contributed by atoms with van der Waals surface area (Å²) in [6.07, 6.45) is 11.7. The maximum Gasteiger partial charge on any atom is 0.272 e. The minimum absolute atomic E-state index is 0.0125. The Morgan fingerprint density at radius 1 is 0.950 bits per heavy atom. The summed E-state index contributed by atoms with van der Waals surface area (Å²) in [6.45, 7) is 4.78. The molecule has 1 saturated heterocycles. The lowest BCUT2D eigenvalue weighted by Gasteiger charge is -2.52. The van der Waals surface area contributed by atoms with Crippen molar-refractivity contribution in [3.05, 3.63) is 0 Å². The monoisotopic (exact) mass is 285 g/mol. The van der Waals surface area contributed by atoms with Gasteiger partial charge >= 0.3 is 0 Å². The lowest BCUT2D eigenvalue weighted by Crippen LogP contribution is -2.60. The van der Waals surface area contributed by atoms with Crippen LogP contribution in [0.3, 0.4) is 0 Å². The predicted octanol–water partition coefficient (Wildman–Crippen LogP) is 4.86. The normalized spacial score (nSPS) is 45.3. The number of likely N-dealkylation sites (tertiary alicyclic amines) is 1. The van der Waals surface area contributed by atoms with Gasteiger partial charge in [0.25, 0.3) is 5.92 Å². The third kappa shape index (κ3) is 2.75. The molecule has 20 heavy (non-hydrogen) atoms. The Hall–Kier alpha value is -0.180. The summed E-state index contributed by atoms with van der Waals surface area (Å²) in [6, 6.07) is 0.444. The summed E-state index contributed by atoms with van der Waals surface area (Å²) in [5, 5.41) is 0. The van der Waals surface area contributed by atoms with E-state index in [2.05, 4.69) is 13.8 Å². The van der Waals surface area contributed by atoms with E-state index in [1.54, 1.807) is 0 Å². The molecule has 3 heteroatoms. The lowest BCUT2D eigenvalue weighted by atomic mass is 9.58. The zero-order valence-corrected chi connectivity index (χ0v) is 13.1. The van der Waals surface area contributed by atoms with Crippen LogP contribution in [-0.4, -0.2) is 30.0 Å². The summed E-state index contributed by atoms with van der Waals surface area (Å²) in [7, 11) is 0. The van der Waals surface area contributed by atoms with Crippen molar-refractivity contribution in [2.24, 2.45) is 10.8 Å². The molecule has 0 unspecified atom stereocenters. The molecule has 1 nitrogen and oxygen atoms in total. The Kier molecular flexibility index (Phi) is 3.63. The second kappa shape index (κ2) is 4.93. The molecule has 1 spiro atoms. The van der Waals surface area contributed by atoms with Crippen LogP contribution in [0.4, 0.5) is 8.78 Å². The first kappa shape index (κ1) is 14.7. The summed E-state index contributed by atoms with van der Waals surface area (Å²) >= 11 is 0. The van der Waals surface area contributed by atoms with Crippen molar-refractivity contribution >= 4 is 0 Å². The molecule has 0 atom stereocenters. The molecule has 0 N–H and O–H groups in total. The Morgan fingerprint density at radius 3 is 1.95 bits per heavy atom. The molecule has 0 amide bonds. The molecule has 1 heterocycles. The van der Waals surface area contributed by atoms with Crippen LogP contribution in [0.5, 0.6) is 0 Å². The third-order valence-electron chi connectivity index (χ3n) is 6.77. The van der Waals surface area contributed by atoms with E-state index in [4.69, 9.17) is 0 Å². The van der Waals surface area contributed by atoms with Crippen molar-refractivity contribution in [1.82, 2.24) is 4.90 Å². The SMILES string of the molecule is CCC1(C)CCC2(CCC(N3CC(F)(F)C3)CC2)CC1. The molecule has 3 rings (SSSR count). The van der Waals surface area contributed by atoms with Gasteiger partial charge in [0.2, 0.25) is 0 Å². The van der Waals surface area contributed by atoms with Crippen molar-refractivity contribution in [3.63, 3.8) is 0 Å². The second-order valence-corrected chi connectivity index (χ2v) is 8.16. The van der Waals surface area contributed by atoms with Crippen molar-refractivity contribution in [2.45, 2.75) is 83.6 Å². The Bertz CT molecular complexity index is 340. The summed E-state index contributed by atoms with van der Waals surface area (Å²) < 4.78 is 25.9. The molecule has 3 aliphatic rings. The maximum atomic E-state index is 13.0. The number of hydrogen-bond donors (Lipinski definition) is 0. The number of rotatable bonds is 2. The number of nitrogens with zero attached hydrogens (tertiary/aromatic N) is 1. The number of hydrogen-bond acceptors (Lipinski definition) is 1. The van der Waals surface area contributed by atoms with Gasteiger partial charge < -0.3 is 0 Å². The largest absolute Gasteiger partial charge is 0.288 e. The van der Waals surface area contributed by atoms with Gasteiger partial charge in [-0.05, 0) is 62.2 Å². The Morgan fingerprint density at radius 2 is 1.50 bits per heavy atom. The Balaban J connectivity index is 1.49. The zero-order chi connectivity index (χ0) is 14.4. The number of alkyl halides is 2. The van der Waals surface area contributed by atoms with Crippen molar-refractivity contribution < 1.29 is 8.78 Å². The van der Waals surface area contributed by atoms with Crippen LogP contribution in [0.2, 0.25) is 0 Å². The van der Waals surface area contributed by atoms with Gasteiger partial charge in [-0.1, -0.05) is 20.3 Å². The fourth-order valence-corrected chi connectivity index (χ4v) is 4.62. The molecular weight excluding hydrogens is 256 g/mol. The average Bonchev–Trinajstić information content (AvgIpc) is 2.41. The molecule has 0 bridgehead atoms. The fourth-order valence-electron chi connectivity index (χ4n) is 4.62. The lowest BCUT2D eigenvalue weighted by molar-refractivity contribution is -0.154. The predicted molar refractivity (Wildman–Crippen MR) is 78.1 cm³/mol. The second-order valence-electron chi connectivity index (χ2n) is 8.16. The molecule has 0 aromatic heterocycles. The minimum atomic E-state index is -2.40. The van der Waals surface area contributed by atoms with Gasteiger partial charge in [-0.2, -0.15) is 0 Å². The molecule has 2 saturated carbocycles. The standard InChI is InChI=1S/C17H29F2N/c1-3-15(2)8-10-16(11-9-15)6-4-14(5-7-16)20-12-17(18,19)13-20/h14H,3-13H2,1-2H3. The molecule has 0 radical (unpaired) electrons. The minimum Gasteiger partial charge on any atom is -0.288 e. The highest BCUT2D eigenvalue weighted by molar-refractivity contribution is 4.98. The van der Waals surface area contributed by atoms with E-state index in [-0.39, 0.29) is 13.1 Å². The molecule has 116 valence electrons. The topological polar surface area (TPSA) is 3.24 Å². The van der Waals surface area contributed by atoms with Crippen molar-refractivity contribution in [1.29, 1.82) is 0 Å². The van der Waals surface area contributed by atoms with Gasteiger partial charge in [0.1, 0.15) is 0 Å². The Labute approximate surface area is 122 Å². The summed E-state index contributed by atoms with van der Waals surface area (Å²) in [5.41, 5.74) is 1.14. The molecule has 3 fully saturated rings. The first-order valence-electron chi connectivity index (χ1n) is 8.47. The average molecular weight is 285 g/mol. The van der Waals surface area contributed by atoms with Gasteiger partial charge in [-0.3, -0.25) is 4.90 Å². The number of halogens is 2. The van der Waals surface area contributed by atoms with Crippen LogP contribution in [0.15, 0.2) is 0 Å². The van der Waals surface area contributed by atoms with E-state index in [1.165, 1.54) is 44.9 Å². The fraction of sp³-hybridized carbons (Fsp3) is 1.00. The van der Waals surface area contributed by atoms with Gasteiger partial charge in [-0.15, -0.1) is 0 Å². The first-order valence-corrected chi connectivity index (χ1v) is 8.47. The van der Waals surface area contributed by atoms with Crippen LogP contribution in [0.25, 0.3) is 0 Å². The van der Waals surface area contributed by atoms with E-state index >= 15 is 0 Å². The van der Waals surface area contributed by atoms with E-state index in [0.29, 0.717) is 16.9 Å². The van der Waals surface area contributed by atoms with Crippen LogP contribution in [0.1, 0.15) is 71.6 Å². The smallest absolute Gasteiger partial charge is 0.272 e. The third-order valence-corrected chi connectivity index (χ3v) is 6.77. The molecule has 2 aliphatic carbocycles. The van der Waals surface area contributed by atoms with E-state index < -0.39 is 5.92 Å². The van der Waals surface area contributed by atoms with E-state index in [9.17, 15) is 8.78 Å². The summed E-state index contributed by atoms with van der Waals surface area (Å²) in [5.74, 6) is -2.40. The highest BCUT2D eigenvalue weighted by Gasteiger charge is 2.49. The highest BCUT2D eigenvalue weighted by atomic mass is 19.3. The molecule has 0 aromatic carbocycles. The van der Waals surface area contributed by atoms with E-state index in [1.807, 2.05) is 4.90 Å². The zero-order valence-electron chi connectivity index (χ0n) is 13.1. The van der Waals surface area contributed by atoms with E-state index in [0.717, 1.165) is 12.8 Å². The molecule has 0 aromatic rings. The van der Waals surface area contributed by atoms with Gasteiger partial charge in [0, 0.05) is 6.04 Å². The van der Waals surface area contributed by atoms with Crippen LogP contribution >= 0.6 is 0 Å². The van der Waals surface area contributed by atoms with Gasteiger partial charge in [-0.25, -0.2) is 8.78 Å². The maximum absolute atomic E-state index is 13.0. The summed E-state index contributed by atoms with van der Waals surface area (Å²) in [4.78, 5) is 2.02. The van der Waals surface area contributed by atoms with Crippen molar-refractivity contribution in [2.75, 3.05) is 13.1 Å². The molecule has 1 aliphatic heterocycles. The van der Waals surface area contributed by atoms with Crippen LogP contribution in [-0.2, 0) is 0 Å². The van der Waals surface area contributed by atoms with Gasteiger partial charge in [0.15, 0.2) is 0 Å². The highest BCUT2D eigenvalue weighted by Crippen LogP contribution is 2.54. The van der Waals surface area contributed by atoms with Gasteiger partial charge in [0.05, 0.1) is 13.1 Å². The quantitative estimate of drug-likeness (QED) is 0.700.